The minimum absolute atomic E-state index is 0.185. The highest BCUT2D eigenvalue weighted by Crippen LogP contribution is 2.35. The number of benzene rings is 2. The Labute approximate surface area is 125 Å². The number of hydrogen-bond acceptors (Lipinski definition) is 5. The van der Waals surface area contributed by atoms with E-state index >= 15 is 0 Å². The number of anilines is 1. The minimum atomic E-state index is -0.645. The molecule has 0 bridgehead atoms. The monoisotopic (exact) mass is 304 g/mol. The van der Waals surface area contributed by atoms with E-state index in [-0.39, 0.29) is 24.2 Å². The highest BCUT2D eigenvalue weighted by molar-refractivity contribution is 5.62. The summed E-state index contributed by atoms with van der Waals surface area (Å²) in [6.07, 6.45) is 0. The molecular formula is C15H13FN2O4. The van der Waals surface area contributed by atoms with E-state index in [1.54, 1.807) is 6.07 Å². The van der Waals surface area contributed by atoms with Crippen LogP contribution < -0.4 is 14.8 Å². The molecule has 1 aliphatic heterocycles. The number of halogens is 1. The summed E-state index contributed by atoms with van der Waals surface area (Å²) >= 11 is 0. The molecular weight excluding hydrogens is 291 g/mol. The van der Waals surface area contributed by atoms with Crippen molar-refractivity contribution in [3.63, 3.8) is 0 Å². The van der Waals surface area contributed by atoms with Crippen molar-refractivity contribution in [2.24, 2.45) is 0 Å². The summed E-state index contributed by atoms with van der Waals surface area (Å²) in [5, 5.41) is 14.0. The number of nitro groups is 1. The molecule has 1 aliphatic rings. The van der Waals surface area contributed by atoms with Gasteiger partial charge in [0, 0.05) is 6.04 Å². The fraction of sp³-hybridized carbons (Fsp3) is 0.200. The molecule has 2 aromatic rings. The van der Waals surface area contributed by atoms with Crippen molar-refractivity contribution in [1.82, 2.24) is 0 Å². The topological polar surface area (TPSA) is 73.6 Å². The van der Waals surface area contributed by atoms with Crippen LogP contribution in [0.5, 0.6) is 11.5 Å². The molecule has 0 spiro atoms. The van der Waals surface area contributed by atoms with Crippen molar-refractivity contribution in [1.29, 1.82) is 0 Å². The third kappa shape index (κ3) is 2.65. The molecule has 0 amide bonds. The second-order valence-corrected chi connectivity index (χ2v) is 4.90. The quantitative estimate of drug-likeness (QED) is 0.689. The summed E-state index contributed by atoms with van der Waals surface area (Å²) < 4.78 is 23.7. The number of nitrogens with one attached hydrogen (secondary N) is 1. The van der Waals surface area contributed by atoms with Gasteiger partial charge in [0.2, 0.25) is 6.79 Å². The molecule has 0 saturated heterocycles. The lowest BCUT2D eigenvalue weighted by Crippen LogP contribution is -2.08. The molecule has 114 valence electrons. The van der Waals surface area contributed by atoms with E-state index < -0.39 is 10.7 Å². The fourth-order valence-corrected chi connectivity index (χ4v) is 2.28. The SMILES string of the molecule is CC(Nc1ccc(F)cc1[N+](=O)[O-])c1ccc2c(c1)OCO2. The van der Waals surface area contributed by atoms with Crippen LogP contribution in [0.25, 0.3) is 0 Å². The van der Waals surface area contributed by atoms with E-state index in [1.165, 1.54) is 12.1 Å². The Morgan fingerprint density at radius 3 is 2.77 bits per heavy atom. The van der Waals surface area contributed by atoms with Gasteiger partial charge < -0.3 is 14.8 Å². The normalized spacial score (nSPS) is 13.7. The maximum absolute atomic E-state index is 13.2. The molecule has 1 N–H and O–H groups in total. The van der Waals surface area contributed by atoms with Crippen LogP contribution in [-0.2, 0) is 0 Å². The summed E-state index contributed by atoms with van der Waals surface area (Å²) in [6, 6.07) is 8.66. The molecule has 1 heterocycles. The van der Waals surface area contributed by atoms with Crippen LogP contribution in [0.1, 0.15) is 18.5 Å². The van der Waals surface area contributed by atoms with Crippen LogP contribution in [0.3, 0.4) is 0 Å². The molecule has 1 unspecified atom stereocenters. The maximum Gasteiger partial charge on any atom is 0.295 e. The Morgan fingerprint density at radius 2 is 2.00 bits per heavy atom. The standard InChI is InChI=1S/C15H13FN2O4/c1-9(10-2-5-14-15(6-10)22-8-21-14)17-12-4-3-11(16)7-13(12)18(19)20/h2-7,9,17H,8H2,1H3. The number of rotatable bonds is 4. The van der Waals surface area contributed by atoms with Crippen molar-refractivity contribution in [2.45, 2.75) is 13.0 Å². The first-order valence-corrected chi connectivity index (χ1v) is 6.64. The van der Waals surface area contributed by atoms with Crippen LogP contribution in [0.2, 0.25) is 0 Å². The molecule has 1 atom stereocenters. The Kier molecular flexibility index (Phi) is 3.54. The van der Waals surface area contributed by atoms with Crippen molar-refractivity contribution < 1.29 is 18.8 Å². The van der Waals surface area contributed by atoms with Gasteiger partial charge in [-0.25, -0.2) is 4.39 Å². The third-order valence-corrected chi connectivity index (χ3v) is 3.43. The number of hydrogen-bond donors (Lipinski definition) is 1. The second-order valence-electron chi connectivity index (χ2n) is 4.90. The number of nitro benzene ring substituents is 1. The van der Waals surface area contributed by atoms with Crippen LogP contribution >= 0.6 is 0 Å². The number of nitrogens with zero attached hydrogens (tertiary/aromatic N) is 1. The zero-order valence-corrected chi connectivity index (χ0v) is 11.7. The first kappa shape index (κ1) is 14.1. The summed E-state index contributed by atoms with van der Waals surface area (Å²) in [7, 11) is 0. The van der Waals surface area contributed by atoms with Gasteiger partial charge in [-0.05, 0) is 36.8 Å². The first-order chi connectivity index (χ1) is 10.5. The zero-order chi connectivity index (χ0) is 15.7. The van der Waals surface area contributed by atoms with Crippen molar-refractivity contribution in [3.8, 4) is 11.5 Å². The van der Waals surface area contributed by atoms with Crippen LogP contribution in [0.15, 0.2) is 36.4 Å². The summed E-state index contributed by atoms with van der Waals surface area (Å²) in [6.45, 7) is 2.04. The van der Waals surface area contributed by atoms with Gasteiger partial charge in [0.05, 0.1) is 11.0 Å². The average Bonchev–Trinajstić information content (AvgIpc) is 2.96. The maximum atomic E-state index is 13.2. The second kappa shape index (κ2) is 5.51. The van der Waals surface area contributed by atoms with Gasteiger partial charge in [-0.2, -0.15) is 0 Å². The molecule has 0 aromatic heterocycles. The van der Waals surface area contributed by atoms with Gasteiger partial charge in [0.15, 0.2) is 11.5 Å². The van der Waals surface area contributed by atoms with E-state index in [4.69, 9.17) is 9.47 Å². The molecule has 0 saturated carbocycles. The van der Waals surface area contributed by atoms with E-state index in [2.05, 4.69) is 5.32 Å². The lowest BCUT2D eigenvalue weighted by Gasteiger charge is -2.16. The van der Waals surface area contributed by atoms with Gasteiger partial charge in [-0.3, -0.25) is 10.1 Å². The fourth-order valence-electron chi connectivity index (χ4n) is 2.28. The number of ether oxygens (including phenoxy) is 2. The van der Waals surface area contributed by atoms with Crippen molar-refractivity contribution in [2.75, 3.05) is 12.1 Å². The molecule has 3 rings (SSSR count). The Balaban J connectivity index is 1.85. The largest absolute Gasteiger partial charge is 0.454 e. The van der Waals surface area contributed by atoms with Crippen LogP contribution in [0.4, 0.5) is 15.8 Å². The zero-order valence-electron chi connectivity index (χ0n) is 11.7. The highest BCUT2D eigenvalue weighted by atomic mass is 19.1. The van der Waals surface area contributed by atoms with E-state index in [1.807, 2.05) is 19.1 Å². The Hall–Kier alpha value is -2.83. The van der Waals surface area contributed by atoms with E-state index in [0.29, 0.717) is 11.5 Å². The first-order valence-electron chi connectivity index (χ1n) is 6.64. The van der Waals surface area contributed by atoms with Gasteiger partial charge in [-0.15, -0.1) is 0 Å². The van der Waals surface area contributed by atoms with Gasteiger partial charge in [0.25, 0.3) is 5.69 Å². The highest BCUT2D eigenvalue weighted by Gasteiger charge is 2.19. The van der Waals surface area contributed by atoms with Gasteiger partial charge >= 0.3 is 0 Å². The van der Waals surface area contributed by atoms with Crippen LogP contribution in [-0.4, -0.2) is 11.7 Å². The summed E-state index contributed by atoms with van der Waals surface area (Å²) in [4.78, 5) is 10.4. The average molecular weight is 304 g/mol. The van der Waals surface area contributed by atoms with Crippen LogP contribution in [0, 0.1) is 15.9 Å². The Bertz CT molecular complexity index is 735. The molecule has 0 radical (unpaired) electrons. The van der Waals surface area contributed by atoms with Gasteiger partial charge in [0.1, 0.15) is 11.5 Å². The Morgan fingerprint density at radius 1 is 1.23 bits per heavy atom. The van der Waals surface area contributed by atoms with Crippen molar-refractivity contribution in [3.05, 3.63) is 57.9 Å². The van der Waals surface area contributed by atoms with Gasteiger partial charge in [-0.1, -0.05) is 6.07 Å². The summed E-state index contributed by atoms with van der Waals surface area (Å²) in [5.74, 6) is 0.663. The summed E-state index contributed by atoms with van der Waals surface area (Å²) in [5.41, 5.74) is 0.840. The molecule has 7 heteroatoms. The lowest BCUT2D eigenvalue weighted by atomic mass is 10.1. The van der Waals surface area contributed by atoms with Crippen molar-refractivity contribution >= 4 is 11.4 Å². The smallest absolute Gasteiger partial charge is 0.295 e. The molecule has 22 heavy (non-hydrogen) atoms. The molecule has 2 aromatic carbocycles. The van der Waals surface area contributed by atoms with E-state index in [9.17, 15) is 14.5 Å². The predicted octanol–water partition coefficient (Wildman–Crippen LogP) is 3.64. The minimum Gasteiger partial charge on any atom is -0.454 e. The number of fused-ring (bicyclic) bond motifs is 1. The van der Waals surface area contributed by atoms with E-state index in [0.717, 1.165) is 11.6 Å². The molecule has 0 fully saturated rings. The molecule has 6 nitrogen and oxygen atoms in total. The molecule has 0 aliphatic carbocycles. The lowest BCUT2D eigenvalue weighted by molar-refractivity contribution is -0.384. The third-order valence-electron chi connectivity index (χ3n) is 3.43. The predicted molar refractivity (Wildman–Crippen MR) is 77.7 cm³/mol.